The number of benzene rings is 2. The molecule has 0 aliphatic carbocycles. The molecule has 0 radical (unpaired) electrons. The maximum atomic E-state index is 13.0. The summed E-state index contributed by atoms with van der Waals surface area (Å²) < 4.78 is 22.3. The summed E-state index contributed by atoms with van der Waals surface area (Å²) in [6, 6.07) is 13.4. The van der Waals surface area contributed by atoms with Gasteiger partial charge in [-0.1, -0.05) is 30.3 Å². The van der Waals surface area contributed by atoms with E-state index in [0.29, 0.717) is 17.1 Å². The predicted molar refractivity (Wildman–Crippen MR) is 109 cm³/mol. The first-order valence-corrected chi connectivity index (χ1v) is 9.62. The quantitative estimate of drug-likeness (QED) is 0.459. The van der Waals surface area contributed by atoms with Crippen LogP contribution in [0.3, 0.4) is 0 Å². The third kappa shape index (κ3) is 3.89. The van der Waals surface area contributed by atoms with Gasteiger partial charge in [-0.15, -0.1) is 0 Å². The van der Waals surface area contributed by atoms with Gasteiger partial charge in [0.2, 0.25) is 6.29 Å². The summed E-state index contributed by atoms with van der Waals surface area (Å²) in [6.07, 6.45) is -7.34. The molecular formula is C22H22O9. The molecule has 4 rings (SSSR count). The van der Waals surface area contributed by atoms with Crippen molar-refractivity contribution in [1.29, 1.82) is 0 Å². The molecule has 1 saturated heterocycles. The average molecular weight is 430 g/mol. The van der Waals surface area contributed by atoms with Crippen LogP contribution in [0.15, 0.2) is 57.7 Å². The zero-order valence-corrected chi connectivity index (χ0v) is 16.5. The second-order valence-electron chi connectivity index (χ2n) is 7.13. The van der Waals surface area contributed by atoms with Crippen LogP contribution in [-0.4, -0.2) is 64.8 Å². The lowest BCUT2D eigenvalue weighted by molar-refractivity contribution is -0.277. The Kier molecular flexibility index (Phi) is 5.94. The summed E-state index contributed by atoms with van der Waals surface area (Å²) in [5.41, 5.74) is 0.415. The normalized spacial score (nSPS) is 26.0. The Balaban J connectivity index is 1.78. The van der Waals surface area contributed by atoms with Gasteiger partial charge in [-0.05, 0) is 12.1 Å². The molecular weight excluding hydrogens is 408 g/mol. The summed E-state index contributed by atoms with van der Waals surface area (Å²) in [7, 11) is 1.43. The van der Waals surface area contributed by atoms with Gasteiger partial charge in [0, 0.05) is 11.6 Å². The third-order valence-electron chi connectivity index (χ3n) is 5.17. The van der Waals surface area contributed by atoms with Crippen LogP contribution < -0.4 is 14.9 Å². The highest BCUT2D eigenvalue weighted by Gasteiger charge is 2.45. The standard InChI is InChI=1S/C22H22O9/c1-28-14-8-7-13(30-22-20(27)19(26)18(25)16(10-23)31-22)17-12(24)9-15(29-21(14)17)11-5-3-2-4-6-11/h2-9,16,18-20,22-23,25-27H,10H2,1H3/t16-,18-,19+,20-,22+/m1/s1. The molecule has 2 aromatic carbocycles. The zero-order valence-electron chi connectivity index (χ0n) is 16.5. The van der Waals surface area contributed by atoms with Crippen molar-refractivity contribution in [2.24, 2.45) is 0 Å². The molecule has 2 heterocycles. The van der Waals surface area contributed by atoms with E-state index in [0.717, 1.165) is 0 Å². The average Bonchev–Trinajstić information content (AvgIpc) is 2.79. The van der Waals surface area contributed by atoms with Gasteiger partial charge in [0.15, 0.2) is 16.8 Å². The first-order chi connectivity index (χ1) is 14.9. The predicted octanol–water partition coefficient (Wildman–Crippen LogP) is 0.647. The molecule has 0 amide bonds. The van der Waals surface area contributed by atoms with Crippen LogP contribution >= 0.6 is 0 Å². The van der Waals surface area contributed by atoms with Gasteiger partial charge in [0.05, 0.1) is 13.7 Å². The maximum absolute atomic E-state index is 13.0. The molecule has 0 saturated carbocycles. The highest BCUT2D eigenvalue weighted by Crippen LogP contribution is 2.35. The minimum atomic E-state index is -1.62. The minimum Gasteiger partial charge on any atom is -0.493 e. The van der Waals surface area contributed by atoms with Crippen molar-refractivity contribution < 1.29 is 39.1 Å². The van der Waals surface area contributed by atoms with E-state index in [4.69, 9.17) is 18.6 Å². The van der Waals surface area contributed by atoms with Crippen molar-refractivity contribution in [3.8, 4) is 22.8 Å². The Labute approximate surface area is 176 Å². The number of hydrogen-bond donors (Lipinski definition) is 4. The molecule has 9 nitrogen and oxygen atoms in total. The first-order valence-electron chi connectivity index (χ1n) is 9.62. The Bertz CT molecular complexity index is 1110. The molecule has 0 spiro atoms. The molecule has 0 unspecified atom stereocenters. The highest BCUT2D eigenvalue weighted by molar-refractivity contribution is 5.89. The molecule has 1 aliphatic heterocycles. The second kappa shape index (κ2) is 8.66. The van der Waals surface area contributed by atoms with Crippen LogP contribution in [0, 0.1) is 0 Å². The van der Waals surface area contributed by atoms with E-state index in [1.54, 1.807) is 12.1 Å². The van der Waals surface area contributed by atoms with Crippen molar-refractivity contribution in [3.05, 3.63) is 58.8 Å². The van der Waals surface area contributed by atoms with Crippen LogP contribution in [0.2, 0.25) is 0 Å². The minimum absolute atomic E-state index is 0.0218. The van der Waals surface area contributed by atoms with E-state index in [9.17, 15) is 25.2 Å². The molecule has 0 bridgehead atoms. The Morgan fingerprint density at radius 3 is 2.35 bits per heavy atom. The van der Waals surface area contributed by atoms with Gasteiger partial charge in [-0.2, -0.15) is 0 Å². The molecule has 1 fully saturated rings. The molecule has 4 N–H and O–H groups in total. The van der Waals surface area contributed by atoms with E-state index in [2.05, 4.69) is 0 Å². The van der Waals surface area contributed by atoms with E-state index >= 15 is 0 Å². The monoisotopic (exact) mass is 430 g/mol. The fourth-order valence-corrected chi connectivity index (χ4v) is 3.50. The first kappa shape index (κ1) is 21.3. The summed E-state index contributed by atoms with van der Waals surface area (Å²) in [5.74, 6) is 0.654. The van der Waals surface area contributed by atoms with Gasteiger partial charge >= 0.3 is 0 Å². The molecule has 1 aliphatic rings. The topological polar surface area (TPSA) is 139 Å². The van der Waals surface area contributed by atoms with E-state index in [1.807, 2.05) is 18.2 Å². The maximum Gasteiger partial charge on any atom is 0.229 e. The van der Waals surface area contributed by atoms with Gasteiger partial charge in [0.25, 0.3) is 0 Å². The van der Waals surface area contributed by atoms with E-state index < -0.39 is 42.7 Å². The zero-order chi connectivity index (χ0) is 22.1. The van der Waals surface area contributed by atoms with Crippen LogP contribution in [0.4, 0.5) is 0 Å². The number of ether oxygens (including phenoxy) is 3. The van der Waals surface area contributed by atoms with Crippen LogP contribution in [0.5, 0.6) is 11.5 Å². The van der Waals surface area contributed by atoms with E-state index in [1.165, 1.54) is 25.3 Å². The largest absolute Gasteiger partial charge is 0.493 e. The Morgan fingerprint density at radius 2 is 1.68 bits per heavy atom. The van der Waals surface area contributed by atoms with Gasteiger partial charge in [0.1, 0.15) is 41.3 Å². The van der Waals surface area contributed by atoms with E-state index in [-0.39, 0.29) is 16.7 Å². The molecule has 31 heavy (non-hydrogen) atoms. The molecule has 164 valence electrons. The number of methoxy groups -OCH3 is 1. The summed E-state index contributed by atoms with van der Waals surface area (Å²) in [5, 5.41) is 39.6. The summed E-state index contributed by atoms with van der Waals surface area (Å²) in [6.45, 7) is -0.600. The smallest absolute Gasteiger partial charge is 0.229 e. The fraction of sp³-hybridized carbons (Fsp3) is 0.318. The number of aliphatic hydroxyl groups excluding tert-OH is 4. The van der Waals surface area contributed by atoms with Crippen molar-refractivity contribution in [3.63, 3.8) is 0 Å². The van der Waals surface area contributed by atoms with Crippen molar-refractivity contribution in [2.75, 3.05) is 13.7 Å². The number of fused-ring (bicyclic) bond motifs is 1. The fourth-order valence-electron chi connectivity index (χ4n) is 3.50. The van der Waals surface area contributed by atoms with Crippen LogP contribution in [0.1, 0.15) is 0 Å². The Morgan fingerprint density at radius 1 is 0.968 bits per heavy atom. The van der Waals surface area contributed by atoms with Crippen LogP contribution in [-0.2, 0) is 4.74 Å². The summed E-state index contributed by atoms with van der Waals surface area (Å²) in [4.78, 5) is 13.0. The lowest BCUT2D eigenvalue weighted by atomic mass is 9.99. The molecule has 9 heteroatoms. The second-order valence-corrected chi connectivity index (χ2v) is 7.13. The number of hydrogen-bond acceptors (Lipinski definition) is 9. The summed E-state index contributed by atoms with van der Waals surface area (Å²) >= 11 is 0. The van der Waals surface area contributed by atoms with Gasteiger partial charge in [-0.3, -0.25) is 4.79 Å². The molecule has 5 atom stereocenters. The van der Waals surface area contributed by atoms with Crippen LogP contribution in [0.25, 0.3) is 22.3 Å². The number of aliphatic hydroxyl groups is 4. The molecule has 1 aromatic heterocycles. The van der Waals surface area contributed by atoms with Gasteiger partial charge < -0.3 is 39.1 Å². The Hall–Kier alpha value is -2.95. The molecule has 3 aromatic rings. The van der Waals surface area contributed by atoms with Crippen molar-refractivity contribution >= 4 is 11.0 Å². The lowest BCUT2D eigenvalue weighted by Crippen LogP contribution is -2.60. The lowest BCUT2D eigenvalue weighted by Gasteiger charge is -2.39. The van der Waals surface area contributed by atoms with Gasteiger partial charge in [-0.25, -0.2) is 0 Å². The SMILES string of the molecule is COc1ccc(O[C@H]2O[C@H](CO)[C@@H](O)[C@H](O)[C@H]2O)c2c(=O)cc(-c3ccccc3)oc12. The highest BCUT2D eigenvalue weighted by atomic mass is 16.7. The number of rotatable bonds is 5. The third-order valence-corrected chi connectivity index (χ3v) is 5.17. The van der Waals surface area contributed by atoms with Crippen molar-refractivity contribution in [2.45, 2.75) is 30.7 Å². The van der Waals surface area contributed by atoms with Crippen molar-refractivity contribution in [1.82, 2.24) is 0 Å².